The molecule has 0 aromatic rings. The van der Waals surface area contributed by atoms with Gasteiger partial charge in [-0.1, -0.05) is 51.9 Å². The zero-order valence-electron chi connectivity index (χ0n) is 15.7. The van der Waals surface area contributed by atoms with Crippen LogP contribution in [0.15, 0.2) is 0 Å². The number of carboxylic acid groups (broad SMARTS) is 1. The molecule has 1 fully saturated rings. The Morgan fingerprint density at radius 2 is 1.88 bits per heavy atom. The molecule has 1 rings (SSSR count). The lowest BCUT2D eigenvalue weighted by Crippen LogP contribution is -2.31. The van der Waals surface area contributed by atoms with Gasteiger partial charge in [0.2, 0.25) is 0 Å². The van der Waals surface area contributed by atoms with Crippen LogP contribution in [0.25, 0.3) is 0 Å². The number of aliphatic hydroxyl groups excluding tert-OH is 1. The fourth-order valence-corrected chi connectivity index (χ4v) is 3.29. The van der Waals surface area contributed by atoms with Crippen LogP contribution >= 0.6 is 0 Å². The normalized spacial score (nSPS) is 18.4. The molecule has 1 heterocycles. The van der Waals surface area contributed by atoms with Crippen LogP contribution in [-0.2, 0) is 4.79 Å². The molecule has 0 bridgehead atoms. The molecule has 1 aliphatic heterocycles. The van der Waals surface area contributed by atoms with Gasteiger partial charge in [-0.2, -0.15) is 0 Å². The van der Waals surface area contributed by atoms with Crippen LogP contribution < -0.4 is 5.32 Å². The van der Waals surface area contributed by atoms with E-state index < -0.39 is 5.97 Å². The maximum Gasteiger partial charge on any atom is 0.317 e. The minimum Gasteiger partial charge on any atom is -0.481 e. The standard InChI is InChI=1S/C19H36N2O4/c1-2-3-4-8-11-17(22)13-14-21-15-16(20-19(21)25)10-7-5-6-9-12-18(23)24/h16-17,22H,2-15H2,1H3,(H,20,25)(H,23,24). The van der Waals surface area contributed by atoms with Gasteiger partial charge in [0.15, 0.2) is 0 Å². The van der Waals surface area contributed by atoms with Gasteiger partial charge in [0.05, 0.1) is 6.10 Å². The molecule has 0 aromatic heterocycles. The summed E-state index contributed by atoms with van der Waals surface area (Å²) in [6, 6.07) is 0.169. The molecule has 1 saturated heterocycles. The first kappa shape index (κ1) is 21.7. The molecule has 0 saturated carbocycles. The van der Waals surface area contributed by atoms with E-state index in [9.17, 15) is 14.7 Å². The smallest absolute Gasteiger partial charge is 0.317 e. The van der Waals surface area contributed by atoms with Crippen molar-refractivity contribution in [3.05, 3.63) is 0 Å². The number of unbranched alkanes of at least 4 members (excludes halogenated alkanes) is 6. The number of carboxylic acids is 1. The number of nitrogens with one attached hydrogen (secondary N) is 1. The summed E-state index contributed by atoms with van der Waals surface area (Å²) < 4.78 is 0. The molecule has 2 unspecified atom stereocenters. The maximum atomic E-state index is 12.0. The van der Waals surface area contributed by atoms with Crippen LogP contribution in [0, 0.1) is 0 Å². The summed E-state index contributed by atoms with van der Waals surface area (Å²) in [6.07, 6.45) is 10.7. The van der Waals surface area contributed by atoms with Gasteiger partial charge in [-0.25, -0.2) is 4.79 Å². The number of nitrogens with zero attached hydrogens (tertiary/aromatic N) is 1. The van der Waals surface area contributed by atoms with Gasteiger partial charge in [-0.3, -0.25) is 4.79 Å². The average molecular weight is 357 g/mol. The van der Waals surface area contributed by atoms with Crippen LogP contribution in [-0.4, -0.2) is 52.3 Å². The molecule has 1 aliphatic rings. The van der Waals surface area contributed by atoms with Crippen molar-refractivity contribution in [1.29, 1.82) is 0 Å². The number of amides is 2. The van der Waals surface area contributed by atoms with E-state index >= 15 is 0 Å². The van der Waals surface area contributed by atoms with Crippen molar-refractivity contribution in [1.82, 2.24) is 10.2 Å². The molecule has 6 heteroatoms. The molecular formula is C19H36N2O4. The Labute approximate surface area is 152 Å². The summed E-state index contributed by atoms with van der Waals surface area (Å²) in [5, 5.41) is 21.6. The third-order valence-electron chi connectivity index (χ3n) is 4.87. The van der Waals surface area contributed by atoms with Crippen molar-refractivity contribution in [2.24, 2.45) is 0 Å². The second-order valence-corrected chi connectivity index (χ2v) is 7.23. The molecule has 0 aliphatic carbocycles. The molecule has 6 nitrogen and oxygen atoms in total. The molecule has 0 spiro atoms. The van der Waals surface area contributed by atoms with Crippen LogP contribution in [0.3, 0.4) is 0 Å². The Kier molecular flexibility index (Phi) is 11.3. The number of aliphatic carboxylic acids is 1. The van der Waals surface area contributed by atoms with E-state index in [1.807, 2.05) is 4.90 Å². The maximum absolute atomic E-state index is 12.0. The Hall–Kier alpha value is -1.30. The van der Waals surface area contributed by atoms with E-state index in [4.69, 9.17) is 5.11 Å². The molecule has 0 aromatic carbocycles. The van der Waals surface area contributed by atoms with Crippen molar-refractivity contribution < 1.29 is 19.8 Å². The van der Waals surface area contributed by atoms with E-state index in [1.54, 1.807) is 0 Å². The first-order chi connectivity index (χ1) is 12.0. The van der Waals surface area contributed by atoms with Gasteiger partial charge in [-0.05, 0) is 25.7 Å². The minimum absolute atomic E-state index is 0.0194. The fraction of sp³-hybridized carbons (Fsp3) is 0.895. The van der Waals surface area contributed by atoms with Crippen LogP contribution in [0.2, 0.25) is 0 Å². The van der Waals surface area contributed by atoms with Crippen molar-refractivity contribution in [3.8, 4) is 0 Å². The lowest BCUT2D eigenvalue weighted by Gasteiger charge is -2.17. The van der Waals surface area contributed by atoms with Gasteiger partial charge >= 0.3 is 12.0 Å². The highest BCUT2D eigenvalue weighted by molar-refractivity contribution is 5.76. The van der Waals surface area contributed by atoms with Crippen molar-refractivity contribution >= 4 is 12.0 Å². The lowest BCUT2D eigenvalue weighted by atomic mass is 10.1. The third-order valence-corrected chi connectivity index (χ3v) is 4.87. The summed E-state index contributed by atoms with van der Waals surface area (Å²) in [5.74, 6) is -0.730. The molecule has 25 heavy (non-hydrogen) atoms. The molecule has 3 N–H and O–H groups in total. The predicted octanol–water partition coefficient (Wildman–Crippen LogP) is 3.53. The highest BCUT2D eigenvalue weighted by Gasteiger charge is 2.28. The summed E-state index contributed by atoms with van der Waals surface area (Å²) in [6.45, 7) is 3.52. The van der Waals surface area contributed by atoms with Gasteiger partial charge in [0.1, 0.15) is 0 Å². The van der Waals surface area contributed by atoms with Crippen molar-refractivity contribution in [2.75, 3.05) is 13.1 Å². The monoisotopic (exact) mass is 356 g/mol. The van der Waals surface area contributed by atoms with E-state index in [2.05, 4.69) is 12.2 Å². The average Bonchev–Trinajstić information content (AvgIpc) is 2.92. The predicted molar refractivity (Wildman–Crippen MR) is 98.6 cm³/mol. The number of hydrogen-bond acceptors (Lipinski definition) is 3. The van der Waals surface area contributed by atoms with E-state index in [0.717, 1.165) is 51.5 Å². The van der Waals surface area contributed by atoms with Gasteiger partial charge in [0.25, 0.3) is 0 Å². The van der Waals surface area contributed by atoms with Gasteiger partial charge in [0, 0.05) is 25.6 Å². The Balaban J connectivity index is 2.07. The van der Waals surface area contributed by atoms with Gasteiger partial charge in [-0.15, -0.1) is 0 Å². The number of carbonyl (C=O) groups excluding carboxylic acids is 1. The first-order valence-electron chi connectivity index (χ1n) is 9.98. The highest BCUT2D eigenvalue weighted by atomic mass is 16.4. The van der Waals surface area contributed by atoms with Crippen LogP contribution in [0.4, 0.5) is 4.79 Å². The summed E-state index contributed by atoms with van der Waals surface area (Å²) in [4.78, 5) is 24.2. The Morgan fingerprint density at radius 1 is 1.16 bits per heavy atom. The van der Waals surface area contributed by atoms with E-state index in [1.165, 1.54) is 19.3 Å². The SMILES string of the molecule is CCCCCCC(O)CCN1CC(CCCCCCC(=O)O)NC1=O. The number of carbonyl (C=O) groups is 2. The fourth-order valence-electron chi connectivity index (χ4n) is 3.29. The lowest BCUT2D eigenvalue weighted by molar-refractivity contribution is -0.137. The molecule has 2 amide bonds. The highest BCUT2D eigenvalue weighted by Crippen LogP contribution is 2.15. The van der Waals surface area contributed by atoms with Crippen molar-refractivity contribution in [2.45, 2.75) is 96.1 Å². The van der Waals surface area contributed by atoms with Crippen LogP contribution in [0.5, 0.6) is 0 Å². The summed E-state index contributed by atoms with van der Waals surface area (Å²) in [5.41, 5.74) is 0. The van der Waals surface area contributed by atoms with Crippen molar-refractivity contribution in [3.63, 3.8) is 0 Å². The number of urea groups is 1. The zero-order valence-corrected chi connectivity index (χ0v) is 15.7. The second-order valence-electron chi connectivity index (χ2n) is 7.23. The Bertz CT molecular complexity index is 390. The topological polar surface area (TPSA) is 89.9 Å². The zero-order chi connectivity index (χ0) is 18.5. The molecule has 146 valence electrons. The summed E-state index contributed by atoms with van der Waals surface area (Å²) >= 11 is 0. The Morgan fingerprint density at radius 3 is 2.60 bits per heavy atom. The van der Waals surface area contributed by atoms with E-state index in [-0.39, 0.29) is 24.6 Å². The molecule has 0 radical (unpaired) electrons. The quantitative estimate of drug-likeness (QED) is 0.392. The minimum atomic E-state index is -0.730. The second kappa shape index (κ2) is 13.0. The molecule has 2 atom stereocenters. The number of hydrogen-bond donors (Lipinski definition) is 3. The van der Waals surface area contributed by atoms with E-state index in [0.29, 0.717) is 13.0 Å². The number of aliphatic hydroxyl groups is 1. The van der Waals surface area contributed by atoms with Crippen LogP contribution in [0.1, 0.15) is 84.0 Å². The van der Waals surface area contributed by atoms with Gasteiger partial charge < -0.3 is 20.4 Å². The summed E-state index contributed by atoms with van der Waals surface area (Å²) in [7, 11) is 0. The number of rotatable bonds is 15. The first-order valence-corrected chi connectivity index (χ1v) is 9.98. The molecular weight excluding hydrogens is 320 g/mol. The third kappa shape index (κ3) is 10.3. The largest absolute Gasteiger partial charge is 0.481 e.